The Bertz CT molecular complexity index is 506. The minimum atomic E-state index is -0.519. The standard InChI is InChI=1S/C11H11BrN2O4/c1-18-10-3-2-8(5-9(10)14(16)17)13-6-7(12)4-11(13)15/h2-3,5,7H,4,6H2,1H3. The summed E-state index contributed by atoms with van der Waals surface area (Å²) >= 11 is 3.37. The van der Waals surface area contributed by atoms with Gasteiger partial charge in [0.1, 0.15) is 0 Å². The molecule has 0 aliphatic carbocycles. The molecule has 7 heteroatoms. The molecule has 2 rings (SSSR count). The number of ether oxygens (including phenoxy) is 1. The molecule has 1 unspecified atom stereocenters. The molecule has 0 N–H and O–H groups in total. The van der Waals surface area contributed by atoms with Crippen LogP contribution in [0.25, 0.3) is 0 Å². The third-order valence-electron chi connectivity index (χ3n) is 2.75. The van der Waals surface area contributed by atoms with E-state index >= 15 is 0 Å². The van der Waals surface area contributed by atoms with Gasteiger partial charge in [-0.2, -0.15) is 0 Å². The topological polar surface area (TPSA) is 72.7 Å². The van der Waals surface area contributed by atoms with E-state index in [1.165, 1.54) is 24.1 Å². The molecule has 0 bridgehead atoms. The zero-order valence-corrected chi connectivity index (χ0v) is 11.2. The summed E-state index contributed by atoms with van der Waals surface area (Å²) in [5.74, 6) is 0.141. The lowest BCUT2D eigenvalue weighted by molar-refractivity contribution is -0.385. The van der Waals surface area contributed by atoms with E-state index < -0.39 is 4.92 Å². The molecule has 0 saturated carbocycles. The predicted octanol–water partition coefficient (Wildman–Crippen LogP) is 2.10. The van der Waals surface area contributed by atoms with E-state index in [0.29, 0.717) is 18.7 Å². The average molecular weight is 315 g/mol. The first kappa shape index (κ1) is 12.8. The Labute approximate surface area is 112 Å². The summed E-state index contributed by atoms with van der Waals surface area (Å²) in [6.07, 6.45) is 0.403. The number of benzene rings is 1. The fraction of sp³-hybridized carbons (Fsp3) is 0.364. The van der Waals surface area contributed by atoms with Gasteiger partial charge < -0.3 is 9.64 Å². The maximum absolute atomic E-state index is 11.7. The zero-order chi connectivity index (χ0) is 13.3. The largest absolute Gasteiger partial charge is 0.490 e. The van der Waals surface area contributed by atoms with Crippen LogP contribution in [0.4, 0.5) is 11.4 Å². The molecular weight excluding hydrogens is 304 g/mol. The number of nitro benzene ring substituents is 1. The van der Waals surface area contributed by atoms with E-state index in [1.54, 1.807) is 6.07 Å². The second-order valence-electron chi connectivity index (χ2n) is 3.92. The lowest BCUT2D eigenvalue weighted by Gasteiger charge is -2.16. The van der Waals surface area contributed by atoms with Crippen LogP contribution in [0.2, 0.25) is 0 Å². The van der Waals surface area contributed by atoms with Gasteiger partial charge in [-0.15, -0.1) is 0 Å². The number of rotatable bonds is 3. The molecule has 1 heterocycles. The first-order chi connectivity index (χ1) is 8.52. The minimum absolute atomic E-state index is 0.0451. The molecule has 1 aromatic rings. The van der Waals surface area contributed by atoms with Gasteiger partial charge in [-0.1, -0.05) is 15.9 Å². The van der Waals surface area contributed by atoms with Crippen molar-refractivity contribution in [1.29, 1.82) is 0 Å². The van der Waals surface area contributed by atoms with Gasteiger partial charge >= 0.3 is 5.69 Å². The Morgan fingerprint density at radius 2 is 2.28 bits per heavy atom. The quantitative estimate of drug-likeness (QED) is 0.486. The van der Waals surface area contributed by atoms with Gasteiger partial charge in [0.25, 0.3) is 0 Å². The summed E-state index contributed by atoms with van der Waals surface area (Å²) in [5, 5.41) is 10.9. The van der Waals surface area contributed by atoms with Crippen molar-refractivity contribution in [1.82, 2.24) is 0 Å². The average Bonchev–Trinajstić information content (AvgIpc) is 2.67. The Hall–Kier alpha value is -1.63. The van der Waals surface area contributed by atoms with Crippen LogP contribution in [0.5, 0.6) is 5.75 Å². The number of hydrogen-bond donors (Lipinski definition) is 0. The van der Waals surface area contributed by atoms with E-state index in [9.17, 15) is 14.9 Å². The fourth-order valence-corrected chi connectivity index (χ4v) is 2.47. The number of halogens is 1. The van der Waals surface area contributed by atoms with Crippen LogP contribution < -0.4 is 9.64 Å². The van der Waals surface area contributed by atoms with Crippen molar-refractivity contribution in [2.24, 2.45) is 0 Å². The number of methoxy groups -OCH3 is 1. The summed E-state index contributed by atoms with van der Waals surface area (Å²) in [4.78, 5) is 23.7. The van der Waals surface area contributed by atoms with Crippen molar-refractivity contribution >= 4 is 33.2 Å². The predicted molar refractivity (Wildman–Crippen MR) is 69.3 cm³/mol. The Morgan fingerprint density at radius 1 is 1.56 bits per heavy atom. The van der Waals surface area contributed by atoms with Crippen molar-refractivity contribution in [2.45, 2.75) is 11.2 Å². The van der Waals surface area contributed by atoms with Gasteiger partial charge in [0.2, 0.25) is 5.91 Å². The summed E-state index contributed by atoms with van der Waals surface area (Å²) in [6.45, 7) is 0.516. The number of alkyl halides is 1. The lowest BCUT2D eigenvalue weighted by atomic mass is 10.2. The van der Waals surface area contributed by atoms with Gasteiger partial charge in [-0.25, -0.2) is 0 Å². The lowest BCUT2D eigenvalue weighted by Crippen LogP contribution is -2.24. The monoisotopic (exact) mass is 314 g/mol. The van der Waals surface area contributed by atoms with Crippen LogP contribution in [0, 0.1) is 10.1 Å². The molecule has 96 valence electrons. The third-order valence-corrected chi connectivity index (χ3v) is 3.36. The van der Waals surface area contributed by atoms with Gasteiger partial charge in [0, 0.05) is 23.9 Å². The highest BCUT2D eigenvalue weighted by atomic mass is 79.9. The minimum Gasteiger partial charge on any atom is -0.490 e. The third kappa shape index (κ3) is 2.31. The summed E-state index contributed by atoms with van der Waals surface area (Å²) in [5.41, 5.74) is 0.385. The Kier molecular flexibility index (Phi) is 3.51. The van der Waals surface area contributed by atoms with E-state index in [-0.39, 0.29) is 22.2 Å². The van der Waals surface area contributed by atoms with Crippen LogP contribution in [-0.2, 0) is 4.79 Å². The molecule has 0 radical (unpaired) electrons. The van der Waals surface area contributed by atoms with Crippen LogP contribution in [0.3, 0.4) is 0 Å². The molecule has 1 aliphatic rings. The normalized spacial score (nSPS) is 19.1. The number of carbonyl (C=O) groups excluding carboxylic acids is 1. The smallest absolute Gasteiger partial charge is 0.312 e. The number of nitro groups is 1. The van der Waals surface area contributed by atoms with Crippen LogP contribution >= 0.6 is 15.9 Å². The molecule has 0 spiro atoms. The summed E-state index contributed by atoms with van der Waals surface area (Å²) < 4.78 is 4.92. The zero-order valence-electron chi connectivity index (χ0n) is 9.63. The fourth-order valence-electron chi connectivity index (χ4n) is 1.90. The molecule has 1 aromatic carbocycles. The van der Waals surface area contributed by atoms with E-state index in [1.807, 2.05) is 0 Å². The molecule has 1 aliphatic heterocycles. The van der Waals surface area contributed by atoms with E-state index in [2.05, 4.69) is 15.9 Å². The van der Waals surface area contributed by atoms with Crippen molar-refractivity contribution < 1.29 is 14.5 Å². The van der Waals surface area contributed by atoms with Crippen molar-refractivity contribution in [3.63, 3.8) is 0 Å². The first-order valence-electron chi connectivity index (χ1n) is 5.29. The molecular formula is C11H11BrN2O4. The van der Waals surface area contributed by atoms with Crippen LogP contribution in [0.1, 0.15) is 6.42 Å². The number of hydrogen-bond acceptors (Lipinski definition) is 4. The first-order valence-corrected chi connectivity index (χ1v) is 6.21. The van der Waals surface area contributed by atoms with Crippen LogP contribution in [-0.4, -0.2) is 29.3 Å². The number of nitrogens with zero attached hydrogens (tertiary/aromatic N) is 2. The van der Waals surface area contributed by atoms with Crippen molar-refractivity contribution in [2.75, 3.05) is 18.6 Å². The second-order valence-corrected chi connectivity index (χ2v) is 5.21. The summed E-state index contributed by atoms with van der Waals surface area (Å²) in [6, 6.07) is 4.51. The van der Waals surface area contributed by atoms with Gasteiger partial charge in [0.05, 0.1) is 17.7 Å². The van der Waals surface area contributed by atoms with Gasteiger partial charge in [0.15, 0.2) is 5.75 Å². The van der Waals surface area contributed by atoms with Crippen molar-refractivity contribution in [3.8, 4) is 5.75 Å². The highest BCUT2D eigenvalue weighted by molar-refractivity contribution is 9.09. The maximum Gasteiger partial charge on any atom is 0.312 e. The molecule has 1 amide bonds. The molecule has 1 saturated heterocycles. The highest BCUT2D eigenvalue weighted by Gasteiger charge is 2.30. The molecule has 6 nitrogen and oxygen atoms in total. The number of carbonyl (C=O) groups is 1. The number of anilines is 1. The molecule has 1 atom stereocenters. The Balaban J connectivity index is 2.38. The maximum atomic E-state index is 11.7. The molecule has 1 fully saturated rings. The second kappa shape index (κ2) is 4.93. The highest BCUT2D eigenvalue weighted by Crippen LogP contribution is 2.33. The van der Waals surface area contributed by atoms with Crippen LogP contribution in [0.15, 0.2) is 18.2 Å². The van der Waals surface area contributed by atoms with Gasteiger partial charge in [-0.05, 0) is 12.1 Å². The van der Waals surface area contributed by atoms with E-state index in [4.69, 9.17) is 4.74 Å². The number of amides is 1. The van der Waals surface area contributed by atoms with Gasteiger partial charge in [-0.3, -0.25) is 14.9 Å². The molecule has 0 aromatic heterocycles. The van der Waals surface area contributed by atoms with E-state index in [0.717, 1.165) is 0 Å². The van der Waals surface area contributed by atoms with Crippen molar-refractivity contribution in [3.05, 3.63) is 28.3 Å². The summed E-state index contributed by atoms with van der Waals surface area (Å²) in [7, 11) is 1.37. The SMILES string of the molecule is COc1ccc(N2CC(Br)CC2=O)cc1[N+](=O)[O-]. The Morgan fingerprint density at radius 3 is 2.78 bits per heavy atom. The molecule has 18 heavy (non-hydrogen) atoms.